The molecule has 0 aliphatic heterocycles. The van der Waals surface area contributed by atoms with E-state index in [-0.39, 0.29) is 25.7 Å². The van der Waals surface area contributed by atoms with Crippen LogP contribution in [0, 0.1) is 5.92 Å². The molecular weight excluding hydrogens is 1200 g/mol. The highest BCUT2D eigenvalue weighted by Crippen LogP contribution is 2.45. The van der Waals surface area contributed by atoms with E-state index in [9.17, 15) is 43.2 Å². The molecule has 0 radical (unpaired) electrons. The number of phosphoric acid groups is 2. The summed E-state index contributed by atoms with van der Waals surface area (Å²) in [7, 11) is -9.89. The Morgan fingerprint density at radius 2 is 0.505 bits per heavy atom. The molecule has 0 aromatic heterocycles. The minimum atomic E-state index is -4.95. The Hall–Kier alpha value is -1.94. The first-order valence-electron chi connectivity index (χ1n) is 37.6. The molecule has 0 spiro atoms. The number of aliphatic hydroxyl groups excluding tert-OH is 1. The third-order valence-electron chi connectivity index (χ3n) is 16.8. The highest BCUT2D eigenvalue weighted by molar-refractivity contribution is 7.47. The predicted octanol–water partition coefficient (Wildman–Crippen LogP) is 20.9. The minimum Gasteiger partial charge on any atom is -0.462 e. The van der Waals surface area contributed by atoms with Crippen LogP contribution in [0.3, 0.4) is 0 Å². The molecule has 0 saturated heterocycles. The molecule has 0 aromatic carbocycles. The summed E-state index contributed by atoms with van der Waals surface area (Å²) >= 11 is 0. The molecule has 5 atom stereocenters. The maximum Gasteiger partial charge on any atom is 0.472 e. The van der Waals surface area contributed by atoms with E-state index in [1.54, 1.807) is 0 Å². The van der Waals surface area contributed by atoms with Crippen LogP contribution in [-0.2, 0) is 65.4 Å². The fraction of sp³-hybridized carbons (Fsp3) is 0.944. The first-order chi connectivity index (χ1) is 44.0. The van der Waals surface area contributed by atoms with Crippen molar-refractivity contribution in [2.45, 2.75) is 393 Å². The Morgan fingerprint density at radius 3 is 0.747 bits per heavy atom. The van der Waals surface area contributed by atoms with E-state index in [1.165, 1.54) is 193 Å². The summed E-state index contributed by atoms with van der Waals surface area (Å²) in [5, 5.41) is 10.6. The Morgan fingerprint density at radius 1 is 0.297 bits per heavy atom. The van der Waals surface area contributed by atoms with Crippen molar-refractivity contribution in [2.24, 2.45) is 5.92 Å². The number of unbranched alkanes of at least 4 members (excludes halogenated alkanes) is 44. The number of carbonyl (C=O) groups is 4. The van der Waals surface area contributed by atoms with Crippen LogP contribution in [0.4, 0.5) is 0 Å². The fourth-order valence-corrected chi connectivity index (χ4v) is 12.6. The van der Waals surface area contributed by atoms with Gasteiger partial charge in [-0.05, 0) is 31.6 Å². The second kappa shape index (κ2) is 65.4. The highest BCUT2D eigenvalue weighted by Gasteiger charge is 2.30. The predicted molar refractivity (Wildman–Crippen MR) is 368 cm³/mol. The van der Waals surface area contributed by atoms with E-state index in [4.69, 9.17) is 37.0 Å². The van der Waals surface area contributed by atoms with Gasteiger partial charge < -0.3 is 33.8 Å². The van der Waals surface area contributed by atoms with Crippen LogP contribution in [0.2, 0.25) is 0 Å². The molecule has 19 heteroatoms. The molecular formula is C72H140O17P2. The van der Waals surface area contributed by atoms with Crippen molar-refractivity contribution in [3.63, 3.8) is 0 Å². The summed E-state index contributed by atoms with van der Waals surface area (Å²) < 4.78 is 68.2. The molecule has 17 nitrogen and oxygen atoms in total. The smallest absolute Gasteiger partial charge is 0.462 e. The van der Waals surface area contributed by atoms with Gasteiger partial charge in [-0.15, -0.1) is 0 Å². The van der Waals surface area contributed by atoms with Gasteiger partial charge in [0.15, 0.2) is 12.2 Å². The van der Waals surface area contributed by atoms with Crippen LogP contribution in [0.25, 0.3) is 0 Å². The third kappa shape index (κ3) is 66.5. The fourth-order valence-electron chi connectivity index (χ4n) is 11.0. The van der Waals surface area contributed by atoms with Crippen LogP contribution >= 0.6 is 15.6 Å². The van der Waals surface area contributed by atoms with Crippen molar-refractivity contribution in [3.8, 4) is 0 Å². The van der Waals surface area contributed by atoms with Crippen molar-refractivity contribution >= 4 is 39.5 Å². The van der Waals surface area contributed by atoms with Crippen LogP contribution in [-0.4, -0.2) is 96.7 Å². The number of rotatable bonds is 72. The van der Waals surface area contributed by atoms with Crippen LogP contribution in [0.15, 0.2) is 0 Å². The first-order valence-corrected chi connectivity index (χ1v) is 40.6. The average Bonchev–Trinajstić information content (AvgIpc) is 3.73. The lowest BCUT2D eigenvalue weighted by molar-refractivity contribution is -0.161. The normalized spacial score (nSPS) is 14.0. The summed E-state index contributed by atoms with van der Waals surface area (Å²) in [6.45, 7) is 7.21. The number of carbonyl (C=O) groups excluding carboxylic acids is 4. The molecule has 0 heterocycles. The number of hydrogen-bond acceptors (Lipinski definition) is 15. The van der Waals surface area contributed by atoms with Gasteiger partial charge in [0.25, 0.3) is 0 Å². The van der Waals surface area contributed by atoms with Crippen molar-refractivity contribution < 1.29 is 80.2 Å². The van der Waals surface area contributed by atoms with Crippen LogP contribution < -0.4 is 0 Å². The van der Waals surface area contributed by atoms with E-state index in [2.05, 4.69) is 34.6 Å². The van der Waals surface area contributed by atoms with Gasteiger partial charge >= 0.3 is 39.5 Å². The summed E-state index contributed by atoms with van der Waals surface area (Å²) in [5.41, 5.74) is 0. The zero-order valence-electron chi connectivity index (χ0n) is 59.0. The summed E-state index contributed by atoms with van der Waals surface area (Å²) in [4.78, 5) is 72.4. The highest BCUT2D eigenvalue weighted by atomic mass is 31.2. The van der Waals surface area contributed by atoms with Gasteiger partial charge in [0.2, 0.25) is 0 Å². The number of ether oxygens (including phenoxy) is 4. The largest absolute Gasteiger partial charge is 0.472 e. The third-order valence-corrected chi connectivity index (χ3v) is 18.7. The van der Waals surface area contributed by atoms with Gasteiger partial charge in [0, 0.05) is 25.7 Å². The minimum absolute atomic E-state index is 0.107. The Kier molecular flexibility index (Phi) is 64.0. The molecule has 0 fully saturated rings. The second-order valence-corrected chi connectivity index (χ2v) is 29.4. The van der Waals surface area contributed by atoms with Crippen molar-refractivity contribution in [3.05, 3.63) is 0 Å². The quantitative estimate of drug-likeness (QED) is 0.0222. The lowest BCUT2D eigenvalue weighted by atomic mass is 10.0. The Bertz CT molecular complexity index is 1750. The molecule has 0 aromatic rings. The lowest BCUT2D eigenvalue weighted by Gasteiger charge is -2.21. The van der Waals surface area contributed by atoms with Gasteiger partial charge in [-0.2, -0.15) is 0 Å². The monoisotopic (exact) mass is 1340 g/mol. The molecule has 0 aliphatic carbocycles. The maximum absolute atomic E-state index is 13.0. The number of phosphoric ester groups is 2. The van der Waals surface area contributed by atoms with Gasteiger partial charge in [0.1, 0.15) is 19.3 Å². The number of aliphatic hydroxyl groups is 1. The van der Waals surface area contributed by atoms with Gasteiger partial charge in [-0.1, -0.05) is 324 Å². The maximum atomic E-state index is 13.0. The van der Waals surface area contributed by atoms with E-state index < -0.39 is 97.5 Å². The van der Waals surface area contributed by atoms with Crippen molar-refractivity contribution in [2.75, 3.05) is 39.6 Å². The Balaban J connectivity index is 5.14. The van der Waals surface area contributed by atoms with E-state index >= 15 is 0 Å². The second-order valence-electron chi connectivity index (χ2n) is 26.5. The van der Waals surface area contributed by atoms with Gasteiger partial charge in [0.05, 0.1) is 26.4 Å². The molecule has 91 heavy (non-hydrogen) atoms. The van der Waals surface area contributed by atoms with Crippen molar-refractivity contribution in [1.29, 1.82) is 0 Å². The molecule has 540 valence electrons. The summed E-state index contributed by atoms with van der Waals surface area (Å²) in [6, 6.07) is 0. The average molecular weight is 1340 g/mol. The van der Waals surface area contributed by atoms with Gasteiger partial charge in [-0.25, -0.2) is 9.13 Å². The van der Waals surface area contributed by atoms with Gasteiger partial charge in [-0.3, -0.25) is 37.3 Å². The molecule has 0 bridgehead atoms. The molecule has 0 amide bonds. The molecule has 3 N–H and O–H groups in total. The van der Waals surface area contributed by atoms with E-state index in [0.29, 0.717) is 25.7 Å². The molecule has 2 unspecified atom stereocenters. The van der Waals surface area contributed by atoms with E-state index in [0.717, 1.165) is 102 Å². The topological polar surface area (TPSA) is 237 Å². The molecule has 0 aliphatic rings. The summed E-state index contributed by atoms with van der Waals surface area (Å²) in [5.74, 6) is -1.32. The first kappa shape index (κ1) is 89.1. The van der Waals surface area contributed by atoms with Crippen molar-refractivity contribution in [1.82, 2.24) is 0 Å². The lowest BCUT2D eigenvalue weighted by Crippen LogP contribution is -2.30. The Labute approximate surface area is 556 Å². The summed E-state index contributed by atoms with van der Waals surface area (Å²) in [6.07, 6.45) is 53.0. The zero-order chi connectivity index (χ0) is 67.0. The zero-order valence-corrected chi connectivity index (χ0v) is 60.8. The SMILES string of the molecule is CCCCCCCCCCCCCCCCC(=O)OC[C@H](COP(=O)(O)OC[C@@H](O)COP(=O)(O)OC[C@@H](COC(=O)CCCCCCC)OC(=O)CCCCCCCCCCCCCCC)OC(=O)CCCCCCCCCCCCCCCCCCC(C)C. The van der Waals surface area contributed by atoms with E-state index in [1.807, 2.05) is 0 Å². The standard InChI is InChI=1S/C72H140O17P2/c1-6-9-12-15-17-19-21-23-30-33-37-41-46-51-56-70(75)83-62-68(89-72(77)58-53-48-43-39-35-31-27-25-24-26-29-32-36-40-45-49-54-65(4)5)64-87-91(80,81)85-60-66(73)59-84-90(78,79)86-63-67(61-82-69(74)55-50-44-14-11-8-3)88-71(76)57-52-47-42-38-34-28-22-20-18-16-13-10-7-2/h65-68,73H,6-64H2,1-5H3,(H,78,79)(H,80,81)/t66-,67+,68+/m0/s1. The molecule has 0 rings (SSSR count). The van der Waals surface area contributed by atoms with Crippen LogP contribution in [0.5, 0.6) is 0 Å². The molecule has 0 saturated carbocycles. The van der Waals surface area contributed by atoms with Crippen LogP contribution in [0.1, 0.15) is 375 Å². The number of esters is 4. The number of hydrogen-bond donors (Lipinski definition) is 3.